The molecule has 0 aromatic heterocycles. The van der Waals surface area contributed by atoms with Gasteiger partial charge in [0.15, 0.2) is 5.11 Å². The Hall–Kier alpha value is -1.97. The number of nitrogens with zero attached hydrogens (tertiary/aromatic N) is 2. The maximum Gasteiger partial charge on any atom is 0.263 e. The van der Waals surface area contributed by atoms with Gasteiger partial charge < -0.3 is 15.2 Å². The SMILES string of the molecule is O=[N+]([O-])c1cc(Cl)cc(/C=N\NC(=S)NC[C@@H]2CCCO2)c1[O-]. The number of benzene rings is 1. The normalized spacial score (nSPS) is 17.3. The lowest BCUT2D eigenvalue weighted by atomic mass is 10.2. The molecule has 0 bridgehead atoms. The average molecular weight is 358 g/mol. The van der Waals surface area contributed by atoms with E-state index in [2.05, 4.69) is 15.8 Å². The zero-order valence-corrected chi connectivity index (χ0v) is 13.5. The van der Waals surface area contributed by atoms with E-state index < -0.39 is 16.4 Å². The Morgan fingerprint density at radius 1 is 1.61 bits per heavy atom. The Kier molecular flexibility index (Phi) is 6.08. The molecular weight excluding hydrogens is 344 g/mol. The van der Waals surface area contributed by atoms with E-state index >= 15 is 0 Å². The van der Waals surface area contributed by atoms with Crippen LogP contribution in [0.1, 0.15) is 18.4 Å². The van der Waals surface area contributed by atoms with Crippen LogP contribution in [0.3, 0.4) is 0 Å². The number of rotatable bonds is 5. The fraction of sp³-hybridized carbons (Fsp3) is 0.385. The van der Waals surface area contributed by atoms with Gasteiger partial charge in [-0.3, -0.25) is 15.5 Å². The molecule has 8 nitrogen and oxygen atoms in total. The van der Waals surface area contributed by atoms with Crippen LogP contribution in [0.5, 0.6) is 5.75 Å². The largest absolute Gasteiger partial charge is 0.867 e. The highest BCUT2D eigenvalue weighted by Crippen LogP contribution is 2.29. The Bertz CT molecular complexity index is 635. The molecule has 0 spiro atoms. The first-order chi connectivity index (χ1) is 11.0. The second kappa shape index (κ2) is 8.04. The van der Waals surface area contributed by atoms with Gasteiger partial charge in [0.25, 0.3) is 5.69 Å². The van der Waals surface area contributed by atoms with Gasteiger partial charge in [0.1, 0.15) is 0 Å². The predicted molar refractivity (Wildman–Crippen MR) is 87.9 cm³/mol. The van der Waals surface area contributed by atoms with Gasteiger partial charge in [-0.25, -0.2) is 0 Å². The number of halogens is 1. The van der Waals surface area contributed by atoms with E-state index in [-0.39, 0.29) is 21.8 Å². The van der Waals surface area contributed by atoms with E-state index in [1.54, 1.807) is 0 Å². The van der Waals surface area contributed by atoms with Gasteiger partial charge in [0.2, 0.25) is 0 Å². The van der Waals surface area contributed by atoms with Crippen LogP contribution in [-0.4, -0.2) is 35.5 Å². The molecule has 1 aliphatic rings. The zero-order chi connectivity index (χ0) is 16.8. The Morgan fingerprint density at radius 3 is 3.04 bits per heavy atom. The number of ether oxygens (including phenoxy) is 1. The molecule has 0 aliphatic carbocycles. The summed E-state index contributed by atoms with van der Waals surface area (Å²) in [7, 11) is 0. The molecule has 1 heterocycles. The van der Waals surface area contributed by atoms with Gasteiger partial charge in [0, 0.05) is 24.2 Å². The van der Waals surface area contributed by atoms with Gasteiger partial charge in [-0.1, -0.05) is 11.6 Å². The van der Waals surface area contributed by atoms with Crippen LogP contribution in [0, 0.1) is 10.1 Å². The van der Waals surface area contributed by atoms with E-state index in [9.17, 15) is 15.2 Å². The standard InChI is InChI=1S/C13H15ClN4O4S/c14-9-4-8(12(19)11(5-9)18(20)21)6-16-17-13(23)15-7-10-2-1-3-22-10/h4-6,10,19H,1-3,7H2,(H2,15,17,23)/p-1/b16-6-/t10-/m0/s1. The minimum atomic E-state index is -0.785. The van der Waals surface area contributed by atoms with Gasteiger partial charge in [0.05, 0.1) is 17.2 Å². The molecule has 1 aromatic carbocycles. The first-order valence-electron chi connectivity index (χ1n) is 6.81. The van der Waals surface area contributed by atoms with E-state index in [0.29, 0.717) is 6.54 Å². The highest BCUT2D eigenvalue weighted by atomic mass is 35.5. The van der Waals surface area contributed by atoms with Crippen LogP contribution < -0.4 is 15.8 Å². The number of hydrazone groups is 1. The fourth-order valence-electron chi connectivity index (χ4n) is 2.04. The topological polar surface area (TPSA) is 112 Å². The van der Waals surface area contributed by atoms with Crippen molar-refractivity contribution >= 4 is 40.8 Å². The monoisotopic (exact) mass is 357 g/mol. The van der Waals surface area contributed by atoms with Gasteiger partial charge in [-0.05, 0) is 42.4 Å². The Labute approximate surface area is 142 Å². The highest BCUT2D eigenvalue weighted by molar-refractivity contribution is 7.80. The molecule has 2 rings (SSSR count). The van der Waals surface area contributed by atoms with E-state index in [1.807, 2.05) is 0 Å². The van der Waals surface area contributed by atoms with Crippen LogP contribution in [0.4, 0.5) is 5.69 Å². The molecule has 1 saturated heterocycles. The first kappa shape index (κ1) is 17.4. The zero-order valence-electron chi connectivity index (χ0n) is 12.0. The van der Waals surface area contributed by atoms with Crippen molar-refractivity contribution in [3.05, 3.63) is 32.8 Å². The summed E-state index contributed by atoms with van der Waals surface area (Å²) in [5.74, 6) is -0.761. The minimum absolute atomic E-state index is 0.00127. The van der Waals surface area contributed by atoms with Crippen molar-refractivity contribution in [1.82, 2.24) is 10.7 Å². The van der Waals surface area contributed by atoms with Gasteiger partial charge in [-0.15, -0.1) is 0 Å². The van der Waals surface area contributed by atoms with Crippen molar-refractivity contribution in [2.75, 3.05) is 13.2 Å². The van der Waals surface area contributed by atoms with Crippen LogP contribution in [0.15, 0.2) is 17.2 Å². The van der Waals surface area contributed by atoms with E-state index in [1.165, 1.54) is 6.07 Å². The van der Waals surface area contributed by atoms with Crippen LogP contribution in [0.25, 0.3) is 0 Å². The summed E-state index contributed by atoms with van der Waals surface area (Å²) in [4.78, 5) is 9.98. The molecule has 1 fully saturated rings. The van der Waals surface area contributed by atoms with Crippen LogP contribution in [-0.2, 0) is 4.74 Å². The molecule has 1 aliphatic heterocycles. The molecule has 0 saturated carbocycles. The molecule has 0 radical (unpaired) electrons. The third-order valence-electron chi connectivity index (χ3n) is 3.14. The quantitative estimate of drug-likeness (QED) is 0.353. The Balaban J connectivity index is 1.92. The van der Waals surface area contributed by atoms with Crippen molar-refractivity contribution < 1.29 is 14.8 Å². The molecule has 1 aromatic rings. The van der Waals surface area contributed by atoms with Crippen molar-refractivity contribution in [2.45, 2.75) is 18.9 Å². The number of thiocarbonyl (C=S) groups is 1. The van der Waals surface area contributed by atoms with Crippen molar-refractivity contribution in [1.29, 1.82) is 0 Å². The summed E-state index contributed by atoms with van der Waals surface area (Å²) in [6.07, 6.45) is 3.28. The van der Waals surface area contributed by atoms with Crippen LogP contribution in [0.2, 0.25) is 5.02 Å². The van der Waals surface area contributed by atoms with Crippen molar-refractivity contribution in [2.24, 2.45) is 5.10 Å². The molecule has 124 valence electrons. The third-order valence-corrected chi connectivity index (χ3v) is 3.60. The lowest BCUT2D eigenvalue weighted by molar-refractivity contribution is -0.398. The highest BCUT2D eigenvalue weighted by Gasteiger charge is 2.15. The predicted octanol–water partition coefficient (Wildman–Crippen LogP) is 1.30. The third kappa shape index (κ3) is 5.02. The second-order valence-electron chi connectivity index (χ2n) is 4.82. The van der Waals surface area contributed by atoms with Gasteiger partial charge >= 0.3 is 0 Å². The molecule has 0 amide bonds. The molecule has 10 heteroatoms. The summed E-state index contributed by atoms with van der Waals surface area (Å²) >= 11 is 10.8. The Morgan fingerprint density at radius 2 is 2.39 bits per heavy atom. The average Bonchev–Trinajstić information content (AvgIpc) is 3.01. The summed E-state index contributed by atoms with van der Waals surface area (Å²) in [6.45, 7) is 1.32. The molecule has 23 heavy (non-hydrogen) atoms. The second-order valence-corrected chi connectivity index (χ2v) is 5.66. The number of nitro groups is 1. The lowest BCUT2D eigenvalue weighted by Crippen LogP contribution is -2.37. The maximum atomic E-state index is 11.9. The molecule has 2 N–H and O–H groups in total. The smallest absolute Gasteiger partial charge is 0.263 e. The summed E-state index contributed by atoms with van der Waals surface area (Å²) < 4.78 is 5.43. The number of hydrogen-bond acceptors (Lipinski definition) is 6. The van der Waals surface area contributed by atoms with Crippen molar-refractivity contribution in [3.8, 4) is 5.75 Å². The first-order valence-corrected chi connectivity index (χ1v) is 7.59. The maximum absolute atomic E-state index is 11.9. The summed E-state index contributed by atoms with van der Waals surface area (Å²) in [5, 5.41) is 29.7. The summed E-state index contributed by atoms with van der Waals surface area (Å²) in [6, 6.07) is 2.30. The van der Waals surface area contributed by atoms with Gasteiger partial charge in [-0.2, -0.15) is 5.10 Å². The number of nitrogens with one attached hydrogen (secondary N) is 2. The fourth-order valence-corrected chi connectivity index (χ4v) is 2.40. The van der Waals surface area contributed by atoms with E-state index in [0.717, 1.165) is 31.7 Å². The minimum Gasteiger partial charge on any atom is -0.867 e. The van der Waals surface area contributed by atoms with Crippen molar-refractivity contribution in [3.63, 3.8) is 0 Å². The lowest BCUT2D eigenvalue weighted by Gasteiger charge is -2.12. The molecular formula is C13H14ClN4O4S-. The number of nitro benzene ring substituents is 1. The molecule has 1 atom stereocenters. The van der Waals surface area contributed by atoms with E-state index in [4.69, 9.17) is 28.6 Å². The number of hydrogen-bond donors (Lipinski definition) is 2. The molecule has 0 unspecified atom stereocenters. The summed E-state index contributed by atoms with van der Waals surface area (Å²) in [5.41, 5.74) is 1.93. The van der Waals surface area contributed by atoms with Crippen LogP contribution >= 0.6 is 23.8 Å².